The fourth-order valence-corrected chi connectivity index (χ4v) is 1.08. The summed E-state index contributed by atoms with van der Waals surface area (Å²) >= 11 is 5.67. The van der Waals surface area contributed by atoms with Gasteiger partial charge in [0.2, 0.25) is 0 Å². The van der Waals surface area contributed by atoms with Gasteiger partial charge in [0.1, 0.15) is 11.4 Å². The van der Waals surface area contributed by atoms with Crippen LogP contribution in [-0.4, -0.2) is 16.8 Å². The monoisotopic (exact) mass is 229 g/mol. The first-order valence-electron chi connectivity index (χ1n) is 3.78. The lowest BCUT2D eigenvalue weighted by atomic mass is 10.3. The van der Waals surface area contributed by atoms with Crippen molar-refractivity contribution >= 4 is 23.4 Å². The molecule has 0 aliphatic carbocycles. The molecule has 2 amide bonds. The van der Waals surface area contributed by atoms with Crippen molar-refractivity contribution < 1.29 is 9.59 Å². The summed E-state index contributed by atoms with van der Waals surface area (Å²) in [5.74, 6) is 8.51. The zero-order valence-corrected chi connectivity index (χ0v) is 8.21. The zero-order valence-electron chi connectivity index (χ0n) is 7.45. The normalized spacial score (nSPS) is 9.53. The molecular weight excluding hydrogens is 222 g/mol. The van der Waals surface area contributed by atoms with Gasteiger partial charge >= 0.3 is 0 Å². The Morgan fingerprint density at radius 3 is 1.87 bits per heavy atom. The number of nitrogens with zero attached hydrogens (tertiary/aromatic N) is 1. The zero-order chi connectivity index (χ0) is 11.4. The largest absolute Gasteiger partial charge is 0.289 e. The third-order valence-electron chi connectivity index (χ3n) is 1.52. The molecule has 0 aromatic carbocycles. The van der Waals surface area contributed by atoms with Gasteiger partial charge in [0.05, 0.1) is 0 Å². The van der Waals surface area contributed by atoms with Crippen LogP contribution < -0.4 is 22.5 Å². The van der Waals surface area contributed by atoms with E-state index < -0.39 is 11.8 Å². The molecule has 7 nitrogen and oxygen atoms in total. The Balaban J connectivity index is 3.16. The number of pyridine rings is 1. The number of hydrogen-bond acceptors (Lipinski definition) is 5. The van der Waals surface area contributed by atoms with Crippen molar-refractivity contribution in [2.75, 3.05) is 0 Å². The predicted molar refractivity (Wildman–Crippen MR) is 52.6 cm³/mol. The number of hydrogen-bond donors (Lipinski definition) is 4. The van der Waals surface area contributed by atoms with Gasteiger partial charge in [-0.25, -0.2) is 16.7 Å². The second kappa shape index (κ2) is 4.69. The van der Waals surface area contributed by atoms with Gasteiger partial charge in [-0.3, -0.25) is 20.4 Å². The molecule has 0 saturated carbocycles. The Kier molecular flexibility index (Phi) is 3.56. The van der Waals surface area contributed by atoms with Gasteiger partial charge in [0, 0.05) is 5.02 Å². The summed E-state index contributed by atoms with van der Waals surface area (Å²) in [5.41, 5.74) is 3.61. The van der Waals surface area contributed by atoms with Crippen LogP contribution in [0.5, 0.6) is 0 Å². The molecule has 0 unspecified atom stereocenters. The summed E-state index contributed by atoms with van der Waals surface area (Å²) in [4.78, 5) is 25.9. The molecule has 0 fully saturated rings. The van der Waals surface area contributed by atoms with Crippen LogP contribution in [0.25, 0.3) is 0 Å². The lowest BCUT2D eigenvalue weighted by Crippen LogP contribution is -2.33. The smallest absolute Gasteiger partial charge is 0.283 e. The Hall–Kier alpha value is -1.70. The van der Waals surface area contributed by atoms with Crippen LogP contribution in [-0.2, 0) is 0 Å². The minimum absolute atomic E-state index is 0.0661. The number of nitrogens with two attached hydrogens (primary N) is 2. The molecule has 0 radical (unpaired) electrons. The number of carbonyl (C=O) groups is 2. The second-order valence-corrected chi connectivity index (χ2v) is 2.94. The van der Waals surface area contributed by atoms with E-state index in [1.165, 1.54) is 12.1 Å². The summed E-state index contributed by atoms with van der Waals surface area (Å²) < 4.78 is 0. The van der Waals surface area contributed by atoms with E-state index >= 15 is 0 Å². The molecule has 15 heavy (non-hydrogen) atoms. The highest BCUT2D eigenvalue weighted by atomic mass is 35.5. The molecule has 1 aromatic rings. The molecule has 0 aliphatic rings. The van der Waals surface area contributed by atoms with E-state index in [4.69, 9.17) is 23.3 Å². The maximum absolute atomic E-state index is 11.1. The molecule has 0 saturated heterocycles. The minimum Gasteiger partial charge on any atom is -0.289 e. The van der Waals surface area contributed by atoms with E-state index in [0.717, 1.165) is 0 Å². The molecule has 8 heteroatoms. The van der Waals surface area contributed by atoms with Gasteiger partial charge in [-0.2, -0.15) is 0 Å². The SMILES string of the molecule is NNC(=O)c1cc(Cl)cc(C(=O)NN)n1. The number of halogens is 1. The predicted octanol–water partition coefficient (Wildman–Crippen LogP) is -1.06. The summed E-state index contributed by atoms with van der Waals surface area (Å²) in [6.07, 6.45) is 0. The van der Waals surface area contributed by atoms with Crippen LogP contribution in [0.1, 0.15) is 21.0 Å². The second-order valence-electron chi connectivity index (χ2n) is 2.50. The average Bonchev–Trinajstić information content (AvgIpc) is 2.26. The van der Waals surface area contributed by atoms with Crippen LogP contribution in [0.3, 0.4) is 0 Å². The molecular formula is C7H8ClN5O2. The van der Waals surface area contributed by atoms with Crippen molar-refractivity contribution in [1.29, 1.82) is 0 Å². The number of amides is 2. The van der Waals surface area contributed by atoms with Crippen molar-refractivity contribution in [1.82, 2.24) is 15.8 Å². The first-order valence-corrected chi connectivity index (χ1v) is 4.15. The molecule has 80 valence electrons. The lowest BCUT2D eigenvalue weighted by Gasteiger charge is -2.03. The minimum atomic E-state index is -0.649. The maximum atomic E-state index is 11.1. The van der Waals surface area contributed by atoms with Gasteiger partial charge in [0.25, 0.3) is 11.8 Å². The van der Waals surface area contributed by atoms with E-state index in [1.54, 1.807) is 0 Å². The lowest BCUT2D eigenvalue weighted by molar-refractivity contribution is 0.0944. The molecule has 1 aromatic heterocycles. The number of carbonyl (C=O) groups excluding carboxylic acids is 2. The average molecular weight is 230 g/mol. The van der Waals surface area contributed by atoms with Crippen LogP contribution in [0.2, 0.25) is 5.02 Å². The van der Waals surface area contributed by atoms with Crippen LogP contribution >= 0.6 is 11.6 Å². The number of aromatic nitrogens is 1. The van der Waals surface area contributed by atoms with E-state index in [1.807, 2.05) is 10.9 Å². The Bertz CT molecular complexity index is 374. The van der Waals surface area contributed by atoms with Crippen molar-refractivity contribution in [3.63, 3.8) is 0 Å². The van der Waals surface area contributed by atoms with Gasteiger partial charge in [-0.15, -0.1) is 0 Å². The van der Waals surface area contributed by atoms with Gasteiger partial charge in [0.15, 0.2) is 0 Å². The maximum Gasteiger partial charge on any atom is 0.283 e. The number of nitrogen functional groups attached to an aromatic ring is 2. The van der Waals surface area contributed by atoms with Crippen molar-refractivity contribution in [2.45, 2.75) is 0 Å². The van der Waals surface area contributed by atoms with Crippen LogP contribution in [0.4, 0.5) is 0 Å². The topological polar surface area (TPSA) is 123 Å². The van der Waals surface area contributed by atoms with Crippen molar-refractivity contribution in [2.24, 2.45) is 11.7 Å². The van der Waals surface area contributed by atoms with Crippen LogP contribution in [0, 0.1) is 0 Å². The van der Waals surface area contributed by atoms with E-state index in [9.17, 15) is 9.59 Å². The summed E-state index contributed by atoms with van der Waals surface area (Å²) in [6.45, 7) is 0. The fraction of sp³-hybridized carbons (Fsp3) is 0. The first kappa shape index (κ1) is 11.4. The molecule has 1 rings (SSSR count). The quantitative estimate of drug-likeness (QED) is 0.292. The molecule has 0 bridgehead atoms. The number of hydrazine groups is 2. The van der Waals surface area contributed by atoms with E-state index in [0.29, 0.717) is 0 Å². The summed E-state index contributed by atoms with van der Waals surface area (Å²) in [5, 5.41) is 0.183. The van der Waals surface area contributed by atoms with Crippen molar-refractivity contribution in [3.8, 4) is 0 Å². The summed E-state index contributed by atoms with van der Waals surface area (Å²) in [6, 6.07) is 2.55. The molecule has 0 spiro atoms. The molecule has 1 heterocycles. The highest BCUT2D eigenvalue weighted by molar-refractivity contribution is 6.31. The Morgan fingerprint density at radius 2 is 1.53 bits per heavy atom. The first-order chi connectivity index (χ1) is 7.08. The van der Waals surface area contributed by atoms with Crippen molar-refractivity contribution in [3.05, 3.63) is 28.5 Å². The fourth-order valence-electron chi connectivity index (χ4n) is 0.878. The van der Waals surface area contributed by atoms with Gasteiger partial charge < -0.3 is 0 Å². The van der Waals surface area contributed by atoms with Gasteiger partial charge in [-0.05, 0) is 12.1 Å². The molecule has 0 aliphatic heterocycles. The third kappa shape index (κ3) is 2.62. The highest BCUT2D eigenvalue weighted by Gasteiger charge is 2.12. The van der Waals surface area contributed by atoms with Crippen LogP contribution in [0.15, 0.2) is 12.1 Å². The van der Waals surface area contributed by atoms with E-state index in [2.05, 4.69) is 4.98 Å². The number of rotatable bonds is 2. The highest BCUT2D eigenvalue weighted by Crippen LogP contribution is 2.11. The van der Waals surface area contributed by atoms with Gasteiger partial charge in [-0.1, -0.05) is 11.6 Å². The Morgan fingerprint density at radius 1 is 1.13 bits per heavy atom. The summed E-state index contributed by atoms with van der Waals surface area (Å²) in [7, 11) is 0. The van der Waals surface area contributed by atoms with E-state index in [-0.39, 0.29) is 16.4 Å². The number of nitrogens with one attached hydrogen (secondary N) is 2. The molecule has 6 N–H and O–H groups in total. The third-order valence-corrected chi connectivity index (χ3v) is 1.74. The molecule has 0 atom stereocenters. The Labute approximate surface area is 89.7 Å². The standard InChI is InChI=1S/C7H8ClN5O2/c8-3-1-4(6(14)12-9)11-5(2-3)7(15)13-10/h1-2H,9-10H2,(H,12,14)(H,13,15).